The Bertz CT molecular complexity index is 3020. The zero-order valence-electron chi connectivity index (χ0n) is 43.4. The molecule has 2 aromatic heterocycles. The largest absolute Gasteiger partial charge is 0.508 e. The van der Waals surface area contributed by atoms with Crippen molar-refractivity contribution in [1.82, 2.24) is 35.0 Å². The number of carbonyl (C=O) groups excluding carboxylic acids is 3. The summed E-state index contributed by atoms with van der Waals surface area (Å²) in [6.45, 7) is 12.5. The van der Waals surface area contributed by atoms with E-state index in [1.54, 1.807) is 37.3 Å². The first kappa shape index (κ1) is 50.9. The number of pyridine rings is 1. The van der Waals surface area contributed by atoms with Crippen LogP contribution in [0, 0.1) is 28.4 Å². The molecule has 2 saturated carbocycles. The van der Waals surface area contributed by atoms with E-state index in [0.29, 0.717) is 96.1 Å². The fraction of sp³-hybridized carbons (Fsp3) is 0.544. The molecule has 398 valence electrons. The lowest BCUT2D eigenvalue weighted by Crippen LogP contribution is -2.50. The molecule has 5 aromatic rings. The third-order valence-corrected chi connectivity index (χ3v) is 17.4. The van der Waals surface area contributed by atoms with Gasteiger partial charge in [0, 0.05) is 101 Å². The SMILES string of the molecule is CCc1c(F)ccc2cc(O)cc(-c3ncc4c(N5CCC[C@@](C)(O)C5)nc(OCC5(CN6CCN(CC7CCC8(CC7)CCN(C(=O)c7ccc(OC)c(N9CCC(=O)NC9=O)c7)CC8)CC6)CC5)nc4c3F)c12. The average molecular weight is 1030 g/mol. The van der Waals surface area contributed by atoms with Crippen molar-refractivity contribution in [2.75, 3.05) is 95.5 Å². The van der Waals surface area contributed by atoms with Crippen molar-refractivity contribution in [1.29, 1.82) is 0 Å². The minimum Gasteiger partial charge on any atom is -0.508 e. The van der Waals surface area contributed by atoms with Crippen LogP contribution in [-0.2, 0) is 11.2 Å². The molecule has 6 fully saturated rings. The number of aromatic nitrogens is 3. The van der Waals surface area contributed by atoms with Crippen molar-refractivity contribution in [2.45, 2.75) is 96.5 Å². The highest BCUT2D eigenvalue weighted by Crippen LogP contribution is 2.49. The Morgan fingerprint density at radius 3 is 2.36 bits per heavy atom. The van der Waals surface area contributed by atoms with Gasteiger partial charge in [-0.3, -0.25) is 24.8 Å². The molecule has 18 heteroatoms. The number of anilines is 2. The standard InChI is InChI=1S/C57H69F2N9O7/c1-4-40-43(58)8-6-37-28-39(69)30-41(47(37)40)49-48(59)50-42(31-60-49)51(67-20-5-13-55(2,73)33-67)63-53(62-50)75-35-57(16-17-57)34-65-26-24-64(25-27-65)32-36-10-14-56(15-11-36)18-22-66(23-19-56)52(71)38-7-9-45(74-3)44(29-38)68-21-12-46(70)61-54(68)72/h6-9,28-31,36,69,73H,4-5,10-27,32-35H2,1-3H3,(H,61,70,72)/t55-/m1/s1. The number of phenolic OH excluding ortho intramolecular Hbond substituents is 1. The number of rotatable bonds is 13. The Kier molecular flexibility index (Phi) is 13.8. The molecule has 3 N–H and O–H groups in total. The van der Waals surface area contributed by atoms with Gasteiger partial charge in [-0.1, -0.05) is 13.0 Å². The van der Waals surface area contributed by atoms with Crippen LogP contribution < -0.4 is 24.6 Å². The smallest absolute Gasteiger partial charge is 0.328 e. The topological polar surface area (TPSA) is 177 Å². The monoisotopic (exact) mass is 1030 g/mol. The van der Waals surface area contributed by atoms with Crippen LogP contribution in [0.15, 0.2) is 48.7 Å². The lowest BCUT2D eigenvalue weighted by Gasteiger charge is -2.47. The number of amides is 4. The summed E-state index contributed by atoms with van der Waals surface area (Å²) in [6.07, 6.45) is 12.2. The highest BCUT2D eigenvalue weighted by atomic mass is 19.1. The van der Waals surface area contributed by atoms with Gasteiger partial charge in [0.15, 0.2) is 5.82 Å². The first-order valence-corrected chi connectivity index (χ1v) is 27.1. The summed E-state index contributed by atoms with van der Waals surface area (Å²) in [7, 11) is 1.53. The maximum atomic E-state index is 17.2. The van der Waals surface area contributed by atoms with Gasteiger partial charge in [-0.25, -0.2) is 13.6 Å². The zero-order chi connectivity index (χ0) is 52.2. The average Bonchev–Trinajstić information content (AvgIpc) is 4.18. The molecular weight excluding hydrogens is 961 g/mol. The number of piperidine rings is 2. The van der Waals surface area contributed by atoms with Crippen LogP contribution in [0.25, 0.3) is 32.9 Å². The minimum atomic E-state index is -0.969. The molecule has 4 saturated heterocycles. The van der Waals surface area contributed by atoms with Gasteiger partial charge < -0.3 is 39.3 Å². The normalized spacial score (nSPS) is 22.5. The molecule has 0 bridgehead atoms. The number of nitrogens with one attached hydrogen (secondary N) is 1. The highest BCUT2D eigenvalue weighted by Gasteiger charge is 2.46. The second kappa shape index (κ2) is 20.4. The van der Waals surface area contributed by atoms with E-state index in [4.69, 9.17) is 19.4 Å². The maximum Gasteiger partial charge on any atom is 0.328 e. The van der Waals surface area contributed by atoms with E-state index in [0.717, 1.165) is 71.4 Å². The number of ether oxygens (including phenoxy) is 2. The number of aliphatic hydroxyl groups is 1. The molecule has 16 nitrogen and oxygen atoms in total. The number of hydrogen-bond acceptors (Lipinski definition) is 13. The second-order valence-electron chi connectivity index (χ2n) is 22.7. The number of piperazine rings is 1. The molecule has 6 heterocycles. The number of hydrogen-bond donors (Lipinski definition) is 3. The first-order chi connectivity index (χ1) is 36.1. The molecule has 4 aliphatic heterocycles. The lowest BCUT2D eigenvalue weighted by molar-refractivity contribution is -0.120. The van der Waals surface area contributed by atoms with Crippen LogP contribution in [0.4, 0.5) is 25.1 Å². The Hall–Kier alpha value is -6.24. The number of imide groups is 1. The molecule has 0 unspecified atom stereocenters. The third kappa shape index (κ3) is 10.4. The molecule has 75 heavy (non-hydrogen) atoms. The van der Waals surface area contributed by atoms with Gasteiger partial charge in [0.05, 0.1) is 30.4 Å². The van der Waals surface area contributed by atoms with E-state index >= 15 is 8.78 Å². The van der Waals surface area contributed by atoms with E-state index in [9.17, 15) is 24.6 Å². The number of nitrogens with zero attached hydrogens (tertiary/aromatic N) is 8. The number of phenols is 1. The fourth-order valence-electron chi connectivity index (χ4n) is 12.8. The predicted molar refractivity (Wildman–Crippen MR) is 281 cm³/mol. The van der Waals surface area contributed by atoms with E-state index in [-0.39, 0.29) is 64.1 Å². The molecule has 1 atom stereocenters. The van der Waals surface area contributed by atoms with Gasteiger partial charge in [0.25, 0.3) is 5.91 Å². The van der Waals surface area contributed by atoms with Crippen molar-refractivity contribution in [3.8, 4) is 28.8 Å². The van der Waals surface area contributed by atoms with Crippen molar-refractivity contribution < 1.29 is 42.9 Å². The summed E-state index contributed by atoms with van der Waals surface area (Å²) in [5.74, 6) is -0.0315. The molecule has 1 spiro atoms. The third-order valence-electron chi connectivity index (χ3n) is 17.4. The van der Waals surface area contributed by atoms with Crippen LogP contribution in [0.2, 0.25) is 0 Å². The maximum absolute atomic E-state index is 17.2. The lowest BCUT2D eigenvalue weighted by atomic mass is 9.65. The Balaban J connectivity index is 0.695. The summed E-state index contributed by atoms with van der Waals surface area (Å²) in [5.41, 5.74) is 0.845. The Morgan fingerprint density at radius 2 is 1.65 bits per heavy atom. The van der Waals surface area contributed by atoms with Crippen LogP contribution in [-0.4, -0.2) is 149 Å². The molecule has 3 aromatic carbocycles. The van der Waals surface area contributed by atoms with Gasteiger partial charge in [-0.15, -0.1) is 0 Å². The summed E-state index contributed by atoms with van der Waals surface area (Å²) < 4.78 is 44.4. The number of halogens is 2. The van der Waals surface area contributed by atoms with E-state index in [1.807, 2.05) is 16.7 Å². The second-order valence-corrected chi connectivity index (χ2v) is 22.7. The molecule has 2 aliphatic carbocycles. The fourth-order valence-corrected chi connectivity index (χ4v) is 12.8. The number of benzene rings is 3. The number of aryl methyl sites for hydroxylation is 1. The number of likely N-dealkylation sites (tertiary alicyclic amines) is 1. The van der Waals surface area contributed by atoms with E-state index in [2.05, 4.69) is 20.1 Å². The molecule has 4 amide bonds. The van der Waals surface area contributed by atoms with Crippen LogP contribution >= 0.6 is 0 Å². The summed E-state index contributed by atoms with van der Waals surface area (Å²) in [5, 5.41) is 25.7. The van der Waals surface area contributed by atoms with Gasteiger partial charge in [0.2, 0.25) is 5.91 Å². The molecule has 11 rings (SSSR count). The number of carbonyl (C=O) groups is 3. The zero-order valence-corrected chi connectivity index (χ0v) is 43.4. The van der Waals surface area contributed by atoms with E-state index < -0.39 is 23.3 Å². The molecule has 6 aliphatic rings. The summed E-state index contributed by atoms with van der Waals surface area (Å²) >= 11 is 0. The minimum absolute atomic E-state index is 0.0105. The van der Waals surface area contributed by atoms with Crippen molar-refractivity contribution in [2.24, 2.45) is 16.7 Å². The molecule has 0 radical (unpaired) electrons. The van der Waals surface area contributed by atoms with Crippen LogP contribution in [0.5, 0.6) is 17.5 Å². The van der Waals surface area contributed by atoms with Gasteiger partial charge in [-0.05, 0) is 142 Å². The number of aromatic hydroxyl groups is 1. The van der Waals surface area contributed by atoms with Gasteiger partial charge in [0.1, 0.15) is 34.3 Å². The number of fused-ring (bicyclic) bond motifs is 2. The number of methoxy groups -OCH3 is 1. The first-order valence-electron chi connectivity index (χ1n) is 27.1. The number of urea groups is 1. The van der Waals surface area contributed by atoms with Crippen molar-refractivity contribution in [3.63, 3.8) is 0 Å². The summed E-state index contributed by atoms with van der Waals surface area (Å²) in [4.78, 5) is 62.9. The van der Waals surface area contributed by atoms with Gasteiger partial charge >= 0.3 is 12.0 Å². The van der Waals surface area contributed by atoms with Crippen LogP contribution in [0.3, 0.4) is 0 Å². The van der Waals surface area contributed by atoms with E-state index in [1.165, 1.54) is 56.0 Å². The predicted octanol–water partition coefficient (Wildman–Crippen LogP) is 8.09. The van der Waals surface area contributed by atoms with Crippen molar-refractivity contribution >= 4 is 51.0 Å². The quantitative estimate of drug-likeness (QED) is 0.103. The van der Waals surface area contributed by atoms with Crippen molar-refractivity contribution in [3.05, 3.63) is 71.4 Å². The molecular formula is C57H69F2N9O7. The Labute approximate surface area is 436 Å². The Morgan fingerprint density at radius 1 is 0.893 bits per heavy atom. The number of β-amino-alcohol motifs (C(OH)–C–C–N with tert-alkyl or cyclic N) is 1. The van der Waals surface area contributed by atoms with Crippen LogP contribution in [0.1, 0.15) is 100 Å². The highest BCUT2D eigenvalue weighted by molar-refractivity contribution is 6.07. The summed E-state index contributed by atoms with van der Waals surface area (Å²) in [6, 6.07) is 10.6. The van der Waals surface area contributed by atoms with Gasteiger partial charge in [-0.2, -0.15) is 9.97 Å².